The van der Waals surface area contributed by atoms with Crippen molar-refractivity contribution in [1.29, 1.82) is 0 Å². The number of rotatable bonds is 6. The van der Waals surface area contributed by atoms with E-state index in [2.05, 4.69) is 53.6 Å². The molecule has 0 spiro atoms. The zero-order valence-corrected chi connectivity index (χ0v) is 18.7. The first kappa shape index (κ1) is 21.8. The average Bonchev–Trinajstić information content (AvgIpc) is 3.25. The van der Waals surface area contributed by atoms with Gasteiger partial charge in [0, 0.05) is 32.5 Å². The summed E-state index contributed by atoms with van der Waals surface area (Å²) in [5.41, 5.74) is 4.86. The Balaban J connectivity index is 1.59. The maximum absolute atomic E-state index is 13.1. The van der Waals surface area contributed by atoms with Crippen LogP contribution in [0.25, 0.3) is 11.1 Å². The van der Waals surface area contributed by atoms with Crippen LogP contribution in [0.2, 0.25) is 0 Å². The molecule has 1 fully saturated rings. The number of aromatic nitrogens is 1. The quantitative estimate of drug-likeness (QED) is 0.651. The van der Waals surface area contributed by atoms with Crippen molar-refractivity contribution in [1.82, 2.24) is 15.2 Å². The fourth-order valence-corrected chi connectivity index (χ4v) is 4.68. The molecule has 1 atom stereocenters. The van der Waals surface area contributed by atoms with Gasteiger partial charge < -0.3 is 10.2 Å². The summed E-state index contributed by atoms with van der Waals surface area (Å²) in [5, 5.41) is 2.86. The van der Waals surface area contributed by atoms with Crippen molar-refractivity contribution < 1.29 is 9.59 Å². The molecular weight excluding hydrogens is 398 g/mol. The van der Waals surface area contributed by atoms with Crippen LogP contribution in [-0.2, 0) is 22.4 Å². The highest BCUT2D eigenvalue weighted by atomic mass is 16.2. The third-order valence-corrected chi connectivity index (χ3v) is 6.37. The molecule has 32 heavy (non-hydrogen) atoms. The molecule has 0 radical (unpaired) electrons. The van der Waals surface area contributed by atoms with Gasteiger partial charge in [-0.05, 0) is 48.1 Å². The largest absolute Gasteiger partial charge is 0.359 e. The zero-order valence-electron chi connectivity index (χ0n) is 18.7. The standard InChI is InChI=1S/C27H29N3O2/c1-20-7-5-10-22(15-20)24-11-4-3-9-23(24)17-27(26(32)28-2)12-14-30(19-27)25(31)16-21-8-6-13-29-18-21/h3-11,13,15,18H,12,14,16-17,19H2,1-2H3,(H,28,32)/t27-/m1/s1. The summed E-state index contributed by atoms with van der Waals surface area (Å²) in [6, 6.07) is 20.4. The van der Waals surface area contributed by atoms with E-state index in [0.29, 0.717) is 32.4 Å². The number of amides is 2. The molecule has 5 nitrogen and oxygen atoms in total. The van der Waals surface area contributed by atoms with E-state index in [9.17, 15) is 9.59 Å². The second-order valence-electron chi connectivity index (χ2n) is 8.67. The van der Waals surface area contributed by atoms with Crippen LogP contribution in [0, 0.1) is 12.3 Å². The van der Waals surface area contributed by atoms with Gasteiger partial charge in [0.05, 0.1) is 11.8 Å². The topological polar surface area (TPSA) is 62.3 Å². The minimum atomic E-state index is -0.640. The SMILES string of the molecule is CNC(=O)[C@@]1(Cc2ccccc2-c2cccc(C)c2)CCN(C(=O)Cc2cccnc2)C1. The van der Waals surface area contributed by atoms with Crippen molar-refractivity contribution in [2.75, 3.05) is 20.1 Å². The molecule has 164 valence electrons. The van der Waals surface area contributed by atoms with Crippen molar-refractivity contribution >= 4 is 11.8 Å². The van der Waals surface area contributed by atoms with Gasteiger partial charge in [0.15, 0.2) is 0 Å². The van der Waals surface area contributed by atoms with E-state index in [4.69, 9.17) is 0 Å². The summed E-state index contributed by atoms with van der Waals surface area (Å²) in [4.78, 5) is 32.0. The Hall–Kier alpha value is -3.47. The maximum Gasteiger partial charge on any atom is 0.228 e. The molecule has 2 heterocycles. The highest BCUT2D eigenvalue weighted by molar-refractivity contribution is 5.86. The number of aryl methyl sites for hydroxylation is 1. The van der Waals surface area contributed by atoms with Gasteiger partial charge in [0.1, 0.15) is 0 Å². The molecule has 2 aromatic carbocycles. The van der Waals surface area contributed by atoms with E-state index < -0.39 is 5.41 Å². The van der Waals surface area contributed by atoms with Gasteiger partial charge in [0.2, 0.25) is 11.8 Å². The molecule has 0 unspecified atom stereocenters. The van der Waals surface area contributed by atoms with Crippen molar-refractivity contribution in [3.8, 4) is 11.1 Å². The monoisotopic (exact) mass is 427 g/mol. The van der Waals surface area contributed by atoms with E-state index in [1.54, 1.807) is 19.4 Å². The molecule has 1 aromatic heterocycles. The van der Waals surface area contributed by atoms with E-state index in [1.807, 2.05) is 29.2 Å². The van der Waals surface area contributed by atoms with Crippen molar-refractivity contribution in [3.05, 3.63) is 89.7 Å². The number of hydrogen-bond acceptors (Lipinski definition) is 3. The fraction of sp³-hybridized carbons (Fsp3) is 0.296. The van der Waals surface area contributed by atoms with Crippen molar-refractivity contribution in [3.63, 3.8) is 0 Å². The lowest BCUT2D eigenvalue weighted by Crippen LogP contribution is -2.44. The number of nitrogens with zero attached hydrogens (tertiary/aromatic N) is 2. The Morgan fingerprint density at radius 3 is 2.69 bits per heavy atom. The first-order valence-electron chi connectivity index (χ1n) is 11.0. The highest BCUT2D eigenvalue weighted by Gasteiger charge is 2.45. The lowest BCUT2D eigenvalue weighted by atomic mass is 9.78. The summed E-state index contributed by atoms with van der Waals surface area (Å²) in [6.07, 6.45) is 4.96. The Kier molecular flexibility index (Phi) is 6.35. The van der Waals surface area contributed by atoms with E-state index in [-0.39, 0.29) is 11.8 Å². The fourth-order valence-electron chi connectivity index (χ4n) is 4.68. The highest BCUT2D eigenvalue weighted by Crippen LogP contribution is 2.38. The Bertz CT molecular complexity index is 1110. The number of nitrogens with one attached hydrogen (secondary N) is 1. The van der Waals surface area contributed by atoms with Crippen LogP contribution >= 0.6 is 0 Å². The lowest BCUT2D eigenvalue weighted by Gasteiger charge is -2.29. The van der Waals surface area contributed by atoms with Crippen LogP contribution in [0.15, 0.2) is 73.1 Å². The van der Waals surface area contributed by atoms with E-state index >= 15 is 0 Å². The predicted molar refractivity (Wildman–Crippen MR) is 126 cm³/mol. The number of pyridine rings is 1. The third-order valence-electron chi connectivity index (χ3n) is 6.37. The van der Waals surface area contributed by atoms with Gasteiger partial charge in [-0.2, -0.15) is 0 Å². The number of carbonyl (C=O) groups is 2. The second kappa shape index (κ2) is 9.35. The predicted octanol–water partition coefficient (Wildman–Crippen LogP) is 3.81. The summed E-state index contributed by atoms with van der Waals surface area (Å²) in [5.74, 6) is 0.0315. The minimum absolute atomic E-state index is 0.00627. The minimum Gasteiger partial charge on any atom is -0.359 e. The van der Waals surface area contributed by atoms with Gasteiger partial charge in [-0.1, -0.05) is 60.2 Å². The first-order valence-corrected chi connectivity index (χ1v) is 11.0. The molecule has 2 amide bonds. The smallest absolute Gasteiger partial charge is 0.228 e. The Morgan fingerprint density at radius 1 is 1.09 bits per heavy atom. The summed E-state index contributed by atoms with van der Waals surface area (Å²) in [7, 11) is 1.68. The number of benzene rings is 2. The van der Waals surface area contributed by atoms with Crippen LogP contribution in [-0.4, -0.2) is 41.8 Å². The molecule has 1 saturated heterocycles. The van der Waals surface area contributed by atoms with Crippen molar-refractivity contribution in [2.24, 2.45) is 5.41 Å². The Labute approximate surface area is 189 Å². The lowest BCUT2D eigenvalue weighted by molar-refractivity contribution is -0.132. The molecule has 0 aliphatic carbocycles. The molecule has 4 rings (SSSR count). The number of carbonyl (C=O) groups excluding carboxylic acids is 2. The molecule has 1 aliphatic heterocycles. The molecule has 1 N–H and O–H groups in total. The van der Waals surface area contributed by atoms with Gasteiger partial charge in [-0.25, -0.2) is 0 Å². The van der Waals surface area contributed by atoms with Crippen LogP contribution in [0.4, 0.5) is 0 Å². The molecule has 0 bridgehead atoms. The average molecular weight is 428 g/mol. The summed E-state index contributed by atoms with van der Waals surface area (Å²) >= 11 is 0. The van der Waals surface area contributed by atoms with E-state index in [0.717, 1.165) is 22.3 Å². The van der Waals surface area contributed by atoms with Gasteiger partial charge in [-0.3, -0.25) is 14.6 Å². The number of likely N-dealkylation sites (tertiary alicyclic amines) is 1. The Morgan fingerprint density at radius 2 is 1.94 bits per heavy atom. The summed E-state index contributed by atoms with van der Waals surface area (Å²) in [6.45, 7) is 3.09. The third kappa shape index (κ3) is 4.57. The molecule has 5 heteroatoms. The number of hydrogen-bond donors (Lipinski definition) is 1. The maximum atomic E-state index is 13.1. The second-order valence-corrected chi connectivity index (χ2v) is 8.67. The zero-order chi connectivity index (χ0) is 22.6. The molecule has 1 aliphatic rings. The molecular formula is C27H29N3O2. The van der Waals surface area contributed by atoms with Crippen LogP contribution < -0.4 is 5.32 Å². The summed E-state index contributed by atoms with van der Waals surface area (Å²) < 4.78 is 0. The molecule has 0 saturated carbocycles. The van der Waals surface area contributed by atoms with Crippen molar-refractivity contribution in [2.45, 2.75) is 26.2 Å². The van der Waals surface area contributed by atoms with Crippen LogP contribution in [0.1, 0.15) is 23.1 Å². The molecule has 3 aromatic rings. The van der Waals surface area contributed by atoms with E-state index in [1.165, 1.54) is 5.56 Å². The first-order chi connectivity index (χ1) is 15.5. The van der Waals surface area contributed by atoms with Crippen LogP contribution in [0.5, 0.6) is 0 Å². The normalized spacial score (nSPS) is 17.9. The van der Waals surface area contributed by atoms with Gasteiger partial charge in [0.25, 0.3) is 0 Å². The van der Waals surface area contributed by atoms with Gasteiger partial charge in [-0.15, -0.1) is 0 Å². The van der Waals surface area contributed by atoms with Gasteiger partial charge >= 0.3 is 0 Å². The van der Waals surface area contributed by atoms with Crippen LogP contribution in [0.3, 0.4) is 0 Å².